The molecule has 2 rings (SSSR count). The maximum atomic E-state index is 6.18. The summed E-state index contributed by atoms with van der Waals surface area (Å²) in [5.74, 6) is 0. The van der Waals surface area contributed by atoms with Gasteiger partial charge in [0.25, 0.3) is 0 Å². The number of halogens is 1. The molecule has 0 saturated heterocycles. The Balaban J connectivity index is 2.42. The van der Waals surface area contributed by atoms with Crippen molar-refractivity contribution in [3.8, 4) is 0 Å². The quantitative estimate of drug-likeness (QED) is 0.918. The van der Waals surface area contributed by atoms with Crippen molar-refractivity contribution in [2.45, 2.75) is 13.0 Å². The molecule has 0 amide bonds. The van der Waals surface area contributed by atoms with Crippen LogP contribution < -0.4 is 5.73 Å². The molecule has 3 nitrogen and oxygen atoms in total. The summed E-state index contributed by atoms with van der Waals surface area (Å²) in [6.07, 6.45) is 4.99. The Morgan fingerprint density at radius 1 is 1.25 bits per heavy atom. The van der Waals surface area contributed by atoms with Crippen LogP contribution in [-0.4, -0.2) is 9.97 Å². The minimum Gasteiger partial charge on any atom is -0.320 e. The molecule has 0 saturated carbocycles. The van der Waals surface area contributed by atoms with Gasteiger partial charge in [0.2, 0.25) is 0 Å². The van der Waals surface area contributed by atoms with E-state index >= 15 is 0 Å². The van der Waals surface area contributed by atoms with Gasteiger partial charge in [0.15, 0.2) is 0 Å². The Bertz CT molecular complexity index is 485. The standard InChI is InChI=1S/C12H12BrN3/c1-8-3-2-4-10(11(8)13)12(14)9-5-15-7-16-6-9/h2-7,12H,14H2,1H3. The van der Waals surface area contributed by atoms with Gasteiger partial charge < -0.3 is 5.73 Å². The number of hydrogen-bond acceptors (Lipinski definition) is 3. The number of nitrogens with two attached hydrogens (primary N) is 1. The van der Waals surface area contributed by atoms with Crippen molar-refractivity contribution >= 4 is 15.9 Å². The van der Waals surface area contributed by atoms with Crippen LogP contribution >= 0.6 is 15.9 Å². The highest BCUT2D eigenvalue weighted by Gasteiger charge is 2.13. The first kappa shape index (κ1) is 11.2. The summed E-state index contributed by atoms with van der Waals surface area (Å²) in [4.78, 5) is 7.95. The normalized spacial score (nSPS) is 12.4. The number of nitrogens with zero attached hydrogens (tertiary/aromatic N) is 2. The molecule has 1 aromatic heterocycles. The molecule has 0 aliphatic rings. The lowest BCUT2D eigenvalue weighted by atomic mass is 10.0. The molecule has 0 aliphatic heterocycles. The van der Waals surface area contributed by atoms with E-state index in [9.17, 15) is 0 Å². The van der Waals surface area contributed by atoms with Crippen LogP contribution in [0.1, 0.15) is 22.7 Å². The van der Waals surface area contributed by atoms with Crippen LogP contribution in [0.2, 0.25) is 0 Å². The van der Waals surface area contributed by atoms with Crippen LogP contribution in [0.4, 0.5) is 0 Å². The lowest BCUT2D eigenvalue weighted by Gasteiger charge is -2.14. The van der Waals surface area contributed by atoms with E-state index in [0.717, 1.165) is 15.6 Å². The van der Waals surface area contributed by atoms with E-state index in [1.165, 1.54) is 11.9 Å². The third-order valence-electron chi connectivity index (χ3n) is 2.50. The van der Waals surface area contributed by atoms with E-state index < -0.39 is 0 Å². The van der Waals surface area contributed by atoms with Crippen LogP contribution in [0.25, 0.3) is 0 Å². The molecule has 2 aromatic rings. The van der Waals surface area contributed by atoms with Crippen LogP contribution in [0.5, 0.6) is 0 Å². The van der Waals surface area contributed by atoms with Gasteiger partial charge in [0, 0.05) is 22.4 Å². The van der Waals surface area contributed by atoms with Crippen LogP contribution in [0, 0.1) is 6.92 Å². The lowest BCUT2D eigenvalue weighted by Crippen LogP contribution is -2.13. The Morgan fingerprint density at radius 3 is 2.62 bits per heavy atom. The first-order valence-electron chi connectivity index (χ1n) is 4.95. The van der Waals surface area contributed by atoms with Crippen LogP contribution in [-0.2, 0) is 0 Å². The smallest absolute Gasteiger partial charge is 0.115 e. The molecule has 82 valence electrons. The van der Waals surface area contributed by atoms with Crippen molar-refractivity contribution in [1.29, 1.82) is 0 Å². The number of aryl methyl sites for hydroxylation is 1. The molecule has 2 N–H and O–H groups in total. The fraction of sp³-hybridized carbons (Fsp3) is 0.167. The summed E-state index contributed by atoms with van der Waals surface area (Å²) in [5.41, 5.74) is 9.31. The van der Waals surface area contributed by atoms with E-state index in [1.807, 2.05) is 25.1 Å². The first-order valence-corrected chi connectivity index (χ1v) is 5.75. The number of rotatable bonds is 2. The van der Waals surface area contributed by atoms with Gasteiger partial charge in [-0.05, 0) is 18.1 Å². The molecule has 0 spiro atoms. The van der Waals surface area contributed by atoms with Gasteiger partial charge in [-0.2, -0.15) is 0 Å². The zero-order chi connectivity index (χ0) is 11.5. The maximum absolute atomic E-state index is 6.18. The van der Waals surface area contributed by atoms with Crippen LogP contribution in [0.3, 0.4) is 0 Å². The summed E-state index contributed by atoms with van der Waals surface area (Å²) < 4.78 is 1.05. The van der Waals surface area contributed by atoms with Crippen molar-refractivity contribution in [2.75, 3.05) is 0 Å². The highest BCUT2D eigenvalue weighted by Crippen LogP contribution is 2.28. The molecule has 0 fully saturated rings. The number of aromatic nitrogens is 2. The molecular weight excluding hydrogens is 266 g/mol. The van der Waals surface area contributed by atoms with Gasteiger partial charge in [-0.15, -0.1) is 0 Å². The average Bonchev–Trinajstić information content (AvgIpc) is 2.33. The fourth-order valence-corrected chi connectivity index (χ4v) is 2.07. The Kier molecular flexibility index (Phi) is 3.31. The number of benzene rings is 1. The van der Waals surface area contributed by atoms with Crippen molar-refractivity contribution in [1.82, 2.24) is 9.97 Å². The molecule has 1 aromatic carbocycles. The SMILES string of the molecule is Cc1cccc(C(N)c2cncnc2)c1Br. The molecule has 1 heterocycles. The lowest BCUT2D eigenvalue weighted by molar-refractivity contribution is 0.844. The highest BCUT2D eigenvalue weighted by atomic mass is 79.9. The van der Waals surface area contributed by atoms with Gasteiger partial charge in [0.05, 0.1) is 6.04 Å². The molecule has 0 radical (unpaired) electrons. The van der Waals surface area contributed by atoms with Crippen LogP contribution in [0.15, 0.2) is 41.4 Å². The third-order valence-corrected chi connectivity index (χ3v) is 3.58. The van der Waals surface area contributed by atoms with Gasteiger partial charge in [-0.3, -0.25) is 0 Å². The van der Waals surface area contributed by atoms with Crippen molar-refractivity contribution in [3.05, 3.63) is 58.1 Å². The van der Waals surface area contributed by atoms with E-state index in [1.54, 1.807) is 12.4 Å². The monoisotopic (exact) mass is 277 g/mol. The summed E-state index contributed by atoms with van der Waals surface area (Å²) in [6, 6.07) is 5.85. The molecule has 16 heavy (non-hydrogen) atoms. The molecule has 4 heteroatoms. The van der Waals surface area contributed by atoms with Gasteiger partial charge in [-0.25, -0.2) is 9.97 Å². The zero-order valence-electron chi connectivity index (χ0n) is 8.89. The number of hydrogen-bond donors (Lipinski definition) is 1. The van der Waals surface area contributed by atoms with E-state index in [0.29, 0.717) is 0 Å². The van der Waals surface area contributed by atoms with Crippen molar-refractivity contribution < 1.29 is 0 Å². The highest BCUT2D eigenvalue weighted by molar-refractivity contribution is 9.10. The summed E-state index contributed by atoms with van der Waals surface area (Å²) in [5, 5.41) is 0. The average molecular weight is 278 g/mol. The minimum atomic E-state index is -0.199. The molecule has 0 bridgehead atoms. The van der Waals surface area contributed by atoms with E-state index in [-0.39, 0.29) is 6.04 Å². The molecule has 1 atom stereocenters. The zero-order valence-corrected chi connectivity index (χ0v) is 10.5. The Morgan fingerprint density at radius 2 is 1.94 bits per heavy atom. The van der Waals surface area contributed by atoms with Crippen molar-refractivity contribution in [2.24, 2.45) is 5.73 Å². The summed E-state index contributed by atoms with van der Waals surface area (Å²) in [6.45, 7) is 2.04. The predicted octanol–water partition coefficient (Wildman–Crippen LogP) is 2.60. The topological polar surface area (TPSA) is 51.8 Å². The molecular formula is C12H12BrN3. The predicted molar refractivity (Wildman–Crippen MR) is 66.9 cm³/mol. The van der Waals surface area contributed by atoms with Gasteiger partial charge in [0.1, 0.15) is 6.33 Å². The van der Waals surface area contributed by atoms with E-state index in [4.69, 9.17) is 5.73 Å². The Hall–Kier alpha value is -1.26. The van der Waals surface area contributed by atoms with Gasteiger partial charge >= 0.3 is 0 Å². The second kappa shape index (κ2) is 4.72. The summed E-state index contributed by atoms with van der Waals surface area (Å²) in [7, 11) is 0. The van der Waals surface area contributed by atoms with E-state index in [2.05, 4.69) is 25.9 Å². The minimum absolute atomic E-state index is 0.199. The molecule has 0 aliphatic carbocycles. The summed E-state index contributed by atoms with van der Waals surface area (Å²) >= 11 is 3.56. The Labute approximate surface area is 103 Å². The second-order valence-corrected chi connectivity index (χ2v) is 4.42. The largest absolute Gasteiger partial charge is 0.320 e. The molecule has 1 unspecified atom stereocenters. The maximum Gasteiger partial charge on any atom is 0.115 e. The first-order chi connectivity index (χ1) is 7.70. The van der Waals surface area contributed by atoms with Gasteiger partial charge in [-0.1, -0.05) is 34.1 Å². The fourth-order valence-electron chi connectivity index (χ4n) is 1.56. The van der Waals surface area contributed by atoms with Crippen molar-refractivity contribution in [3.63, 3.8) is 0 Å². The second-order valence-electron chi connectivity index (χ2n) is 3.63. The third kappa shape index (κ3) is 2.13.